The second kappa shape index (κ2) is 15.8. The number of ether oxygens (including phenoxy) is 1. The molecular weight excluding hydrogens is 416 g/mol. The monoisotopic (exact) mass is 453 g/mol. The largest absolute Gasteiger partial charge is 0.464 e. The first-order valence-electron chi connectivity index (χ1n) is 10.8. The molecule has 0 radical (unpaired) electrons. The van der Waals surface area contributed by atoms with Gasteiger partial charge >= 0.3 is 12.2 Å². The van der Waals surface area contributed by atoms with Crippen molar-refractivity contribution < 1.29 is 28.7 Å². The molecule has 0 heterocycles. The number of Topliss-reactive ketones (excluding diaryl/α,β-unsaturated/α-hetero) is 1. The van der Waals surface area contributed by atoms with Gasteiger partial charge in [-0.3, -0.25) is 19.2 Å². The number of hydrogen-bond donors (Lipinski definition) is 3. The third-order valence-corrected chi connectivity index (χ3v) is 4.44. The smallest absolute Gasteiger partial charge is 0.334 e. The number of amides is 3. The van der Waals surface area contributed by atoms with Crippen LogP contribution in [0.15, 0.2) is 0 Å². The lowest BCUT2D eigenvalue weighted by atomic mass is 9.99. The van der Waals surface area contributed by atoms with Crippen LogP contribution >= 0.6 is 0 Å². The molecule has 32 heavy (non-hydrogen) atoms. The quantitative estimate of drug-likeness (QED) is 0.129. The molecule has 0 aliphatic carbocycles. The maximum atomic E-state index is 13.0. The molecule has 3 N–H and O–H groups in total. The van der Waals surface area contributed by atoms with Gasteiger partial charge in [0.1, 0.15) is 18.1 Å². The van der Waals surface area contributed by atoms with Crippen molar-refractivity contribution >= 4 is 42.9 Å². The molecule has 3 amide bonds. The van der Waals surface area contributed by atoms with Crippen LogP contribution < -0.4 is 20.6 Å². The van der Waals surface area contributed by atoms with Crippen molar-refractivity contribution in [1.29, 1.82) is 0 Å². The summed E-state index contributed by atoms with van der Waals surface area (Å²) in [5, 5.41) is 7.75. The number of rotatable bonds is 16. The summed E-state index contributed by atoms with van der Waals surface area (Å²) in [5.74, 6) is -1.87. The van der Waals surface area contributed by atoms with E-state index >= 15 is 0 Å². The molecule has 180 valence electrons. The van der Waals surface area contributed by atoms with E-state index in [1.165, 1.54) is 0 Å². The Morgan fingerprint density at radius 2 is 1.47 bits per heavy atom. The molecule has 0 fully saturated rings. The number of hydrogen-bond acceptors (Lipinski definition) is 6. The lowest BCUT2D eigenvalue weighted by Gasteiger charge is -2.26. The van der Waals surface area contributed by atoms with Crippen molar-refractivity contribution in [3.8, 4) is 0 Å². The molecule has 0 rings (SSSR count). The summed E-state index contributed by atoms with van der Waals surface area (Å²) in [5.41, 5.74) is 0. The molecular formula is C22H37N4O6+. The molecule has 0 aliphatic heterocycles. The third-order valence-electron chi connectivity index (χ3n) is 4.44. The standard InChI is InChI=1S/C22H36N4O6/c1-7-32-22(31)17(9-8-16(28)12-23-6)25-21(30)19(11-15(4)5)26-20(29)18(24-13-27)10-14(2)3/h12-15,17-19H,6-11H2,1-5H3,(H2-,24,25,26,27,29,30)/p+1/t17?,18?,19-/m0/s1. The highest BCUT2D eigenvalue weighted by atomic mass is 16.5. The maximum absolute atomic E-state index is 13.0. The Kier molecular flexibility index (Phi) is 14.3. The number of esters is 1. The number of carbonyl (C=O) groups excluding carboxylic acids is 5. The Hall–Kier alpha value is -3.00. The van der Waals surface area contributed by atoms with Crippen LogP contribution in [0.25, 0.3) is 0 Å². The second-order valence-corrected chi connectivity index (χ2v) is 8.29. The van der Waals surface area contributed by atoms with Crippen molar-refractivity contribution in [2.75, 3.05) is 6.61 Å². The lowest BCUT2D eigenvalue weighted by molar-refractivity contribution is -0.148. The normalized spacial score (nSPS) is 13.3. The van der Waals surface area contributed by atoms with E-state index in [2.05, 4.69) is 27.3 Å². The summed E-state index contributed by atoms with van der Waals surface area (Å²) in [6.07, 6.45) is 2.19. The van der Waals surface area contributed by atoms with Gasteiger partial charge in [0, 0.05) is 6.42 Å². The van der Waals surface area contributed by atoms with Crippen LogP contribution in [-0.4, -0.2) is 67.6 Å². The molecule has 10 heteroatoms. The SMILES string of the molecule is C=[N+]=CC(=O)CCC(NC(=O)[C@H](CC(C)C)NC(=O)C(CC(C)C)NC=O)C(=O)OCC. The zero-order valence-corrected chi connectivity index (χ0v) is 19.7. The molecule has 0 aromatic rings. The third kappa shape index (κ3) is 12.0. The van der Waals surface area contributed by atoms with Crippen molar-refractivity contribution in [1.82, 2.24) is 20.6 Å². The van der Waals surface area contributed by atoms with Gasteiger partial charge in [0.2, 0.25) is 24.0 Å². The number of nitrogens with one attached hydrogen (secondary N) is 3. The van der Waals surface area contributed by atoms with Crippen molar-refractivity contribution in [3.05, 3.63) is 0 Å². The van der Waals surface area contributed by atoms with E-state index < -0.39 is 35.9 Å². The Balaban J connectivity index is 5.46. The molecule has 0 aromatic carbocycles. The summed E-state index contributed by atoms with van der Waals surface area (Å²) in [6.45, 7) is 12.6. The first-order chi connectivity index (χ1) is 15.0. The molecule has 0 aliphatic rings. The van der Waals surface area contributed by atoms with E-state index in [1.54, 1.807) is 6.92 Å². The van der Waals surface area contributed by atoms with Crippen LogP contribution in [0.4, 0.5) is 0 Å². The van der Waals surface area contributed by atoms with Gasteiger partial charge in [0.15, 0.2) is 0 Å². The van der Waals surface area contributed by atoms with E-state index in [0.717, 1.165) is 6.21 Å². The van der Waals surface area contributed by atoms with Gasteiger partial charge < -0.3 is 20.7 Å². The van der Waals surface area contributed by atoms with Crippen molar-refractivity contribution in [2.45, 2.75) is 78.4 Å². The minimum Gasteiger partial charge on any atom is -0.464 e. The summed E-state index contributed by atoms with van der Waals surface area (Å²) in [4.78, 5) is 60.6. The van der Waals surface area contributed by atoms with Gasteiger partial charge in [-0.15, -0.1) is 4.67 Å². The predicted molar refractivity (Wildman–Crippen MR) is 122 cm³/mol. The van der Waals surface area contributed by atoms with E-state index in [9.17, 15) is 24.0 Å². The van der Waals surface area contributed by atoms with Crippen LogP contribution in [0.2, 0.25) is 0 Å². The summed E-state index contributed by atoms with van der Waals surface area (Å²) in [6, 6.07) is -2.77. The fraction of sp³-hybridized carbons (Fsp3) is 0.682. The molecule has 0 saturated heterocycles. The second-order valence-electron chi connectivity index (χ2n) is 8.29. The van der Waals surface area contributed by atoms with Crippen LogP contribution in [-0.2, 0) is 28.7 Å². The van der Waals surface area contributed by atoms with Gasteiger partial charge in [-0.25, -0.2) is 4.79 Å². The molecule has 2 unspecified atom stereocenters. The number of carbonyl (C=O) groups is 5. The van der Waals surface area contributed by atoms with Crippen LogP contribution in [0.1, 0.15) is 60.3 Å². The van der Waals surface area contributed by atoms with Gasteiger partial charge in [0.25, 0.3) is 6.72 Å². The molecule has 0 saturated carbocycles. The van der Waals surface area contributed by atoms with Crippen LogP contribution in [0, 0.1) is 11.8 Å². The molecule has 10 nitrogen and oxygen atoms in total. The molecule has 0 aromatic heterocycles. The molecule has 0 spiro atoms. The van der Waals surface area contributed by atoms with Crippen molar-refractivity contribution in [2.24, 2.45) is 11.8 Å². The predicted octanol–water partition coefficient (Wildman–Crippen LogP) is -0.0862. The number of nitrogens with zero attached hydrogens (tertiary/aromatic N) is 1. The number of ketones is 1. The minimum atomic E-state index is -1.06. The average Bonchev–Trinajstić information content (AvgIpc) is 2.69. The highest BCUT2D eigenvalue weighted by Gasteiger charge is 2.30. The fourth-order valence-corrected chi connectivity index (χ4v) is 3.00. The Bertz CT molecular complexity index is 701. The van der Waals surface area contributed by atoms with Gasteiger partial charge in [-0.2, -0.15) is 0 Å². The fourth-order valence-electron chi connectivity index (χ4n) is 3.00. The average molecular weight is 454 g/mol. The Morgan fingerprint density at radius 3 is 1.97 bits per heavy atom. The van der Waals surface area contributed by atoms with E-state index in [4.69, 9.17) is 4.74 Å². The van der Waals surface area contributed by atoms with Crippen molar-refractivity contribution in [3.63, 3.8) is 0 Å². The van der Waals surface area contributed by atoms with Gasteiger partial charge in [0.05, 0.1) is 6.61 Å². The first kappa shape index (κ1) is 29.0. The maximum Gasteiger partial charge on any atom is 0.334 e. The zero-order valence-electron chi connectivity index (χ0n) is 19.7. The summed E-state index contributed by atoms with van der Waals surface area (Å²) in [7, 11) is 0. The molecule has 3 atom stereocenters. The topological polar surface area (TPSA) is 145 Å². The minimum absolute atomic E-state index is 0.0143. The van der Waals surface area contributed by atoms with Gasteiger partial charge in [-0.1, -0.05) is 27.7 Å². The Labute approximate surface area is 189 Å². The van der Waals surface area contributed by atoms with Gasteiger partial charge in [-0.05, 0) is 38.0 Å². The summed E-state index contributed by atoms with van der Waals surface area (Å²) < 4.78 is 8.40. The first-order valence-corrected chi connectivity index (χ1v) is 10.8. The van der Waals surface area contributed by atoms with E-state index in [-0.39, 0.29) is 37.1 Å². The highest BCUT2D eigenvalue weighted by Crippen LogP contribution is 2.10. The molecule has 0 bridgehead atoms. The highest BCUT2D eigenvalue weighted by molar-refractivity contribution is 6.27. The van der Waals surface area contributed by atoms with E-state index in [0.29, 0.717) is 19.3 Å². The van der Waals surface area contributed by atoms with E-state index in [1.807, 2.05) is 27.7 Å². The van der Waals surface area contributed by atoms with Crippen LogP contribution in [0.5, 0.6) is 0 Å². The lowest BCUT2D eigenvalue weighted by Crippen LogP contribution is -2.55. The van der Waals surface area contributed by atoms with Crippen LogP contribution in [0.3, 0.4) is 0 Å². The summed E-state index contributed by atoms with van der Waals surface area (Å²) >= 11 is 0. The zero-order chi connectivity index (χ0) is 24.7. The Morgan fingerprint density at radius 1 is 0.938 bits per heavy atom.